The second kappa shape index (κ2) is 9.31. The van der Waals surface area contributed by atoms with E-state index in [-0.39, 0.29) is 5.91 Å². The van der Waals surface area contributed by atoms with E-state index >= 15 is 0 Å². The molecule has 1 rings (SSSR count). The van der Waals surface area contributed by atoms with Gasteiger partial charge in [-0.25, -0.2) is 4.98 Å². The van der Waals surface area contributed by atoms with Crippen LogP contribution < -0.4 is 5.32 Å². The quantitative estimate of drug-likeness (QED) is 0.705. The molecule has 0 aliphatic heterocycles. The molecule has 1 heterocycles. The molecule has 0 saturated carbocycles. The highest BCUT2D eigenvalue weighted by Crippen LogP contribution is 2.14. The number of rotatable bonds is 9. The highest BCUT2D eigenvalue weighted by atomic mass is 16.5. The molecule has 20 heavy (non-hydrogen) atoms. The lowest BCUT2D eigenvalue weighted by Crippen LogP contribution is -2.34. The molecule has 0 aromatic carbocycles. The van der Waals surface area contributed by atoms with Gasteiger partial charge in [0.05, 0.1) is 12.2 Å². The lowest BCUT2D eigenvalue weighted by Gasteiger charge is -2.22. The number of likely N-dealkylation sites (N-methyl/N-ethyl adjacent to an activating group) is 1. The molecule has 1 aromatic rings. The maximum absolute atomic E-state index is 12.5. The van der Waals surface area contributed by atoms with E-state index in [0.717, 1.165) is 13.0 Å². The SMILES string of the molecule is CCCNc1ncccc1C(=O)N(CC)CCOCC. The number of pyridine rings is 1. The van der Waals surface area contributed by atoms with Crippen LogP contribution in [0.5, 0.6) is 0 Å². The Morgan fingerprint density at radius 3 is 2.85 bits per heavy atom. The van der Waals surface area contributed by atoms with Crippen molar-refractivity contribution in [2.24, 2.45) is 0 Å². The molecule has 0 bridgehead atoms. The molecule has 0 aliphatic rings. The first kappa shape index (κ1) is 16.4. The molecule has 1 N–H and O–H groups in total. The number of carbonyl (C=O) groups excluding carboxylic acids is 1. The zero-order chi connectivity index (χ0) is 14.8. The Kier molecular flexibility index (Phi) is 7.65. The van der Waals surface area contributed by atoms with Crippen molar-refractivity contribution in [3.8, 4) is 0 Å². The van der Waals surface area contributed by atoms with Gasteiger partial charge in [0.15, 0.2) is 0 Å². The summed E-state index contributed by atoms with van der Waals surface area (Å²) >= 11 is 0. The molecular formula is C15H25N3O2. The van der Waals surface area contributed by atoms with Gasteiger partial charge in [0.2, 0.25) is 0 Å². The number of hydrogen-bond acceptors (Lipinski definition) is 4. The van der Waals surface area contributed by atoms with Gasteiger partial charge in [-0.05, 0) is 32.4 Å². The van der Waals surface area contributed by atoms with Crippen molar-refractivity contribution in [1.29, 1.82) is 0 Å². The molecule has 0 unspecified atom stereocenters. The summed E-state index contributed by atoms with van der Waals surface area (Å²) in [4.78, 5) is 18.6. The molecule has 1 aromatic heterocycles. The van der Waals surface area contributed by atoms with E-state index in [0.29, 0.717) is 37.7 Å². The third kappa shape index (κ3) is 4.81. The summed E-state index contributed by atoms with van der Waals surface area (Å²) in [6.45, 7) is 9.31. The van der Waals surface area contributed by atoms with Crippen molar-refractivity contribution in [1.82, 2.24) is 9.88 Å². The van der Waals surface area contributed by atoms with Crippen LogP contribution in [0.25, 0.3) is 0 Å². The molecule has 5 nitrogen and oxygen atoms in total. The predicted molar refractivity (Wildman–Crippen MR) is 81.1 cm³/mol. The summed E-state index contributed by atoms with van der Waals surface area (Å²) in [5.41, 5.74) is 0.624. The molecule has 5 heteroatoms. The van der Waals surface area contributed by atoms with Crippen LogP contribution in [0.15, 0.2) is 18.3 Å². The predicted octanol–water partition coefficient (Wildman–Crippen LogP) is 2.40. The standard InChI is InChI=1S/C15H25N3O2/c1-4-9-16-14-13(8-7-10-17-14)15(19)18(5-2)11-12-20-6-3/h7-8,10H,4-6,9,11-12H2,1-3H3,(H,16,17). The minimum Gasteiger partial charge on any atom is -0.380 e. The topological polar surface area (TPSA) is 54.5 Å². The number of carbonyl (C=O) groups is 1. The van der Waals surface area contributed by atoms with E-state index in [1.807, 2.05) is 19.9 Å². The fourth-order valence-electron chi connectivity index (χ4n) is 1.85. The molecule has 0 radical (unpaired) electrons. The Balaban J connectivity index is 2.77. The van der Waals surface area contributed by atoms with Gasteiger partial charge < -0.3 is 15.0 Å². The Labute approximate surface area is 121 Å². The first-order valence-corrected chi connectivity index (χ1v) is 7.30. The Morgan fingerprint density at radius 1 is 1.40 bits per heavy atom. The van der Waals surface area contributed by atoms with E-state index in [2.05, 4.69) is 17.2 Å². The summed E-state index contributed by atoms with van der Waals surface area (Å²) in [7, 11) is 0. The Morgan fingerprint density at radius 2 is 2.20 bits per heavy atom. The number of aromatic nitrogens is 1. The van der Waals surface area contributed by atoms with Crippen LogP contribution in [0.2, 0.25) is 0 Å². The summed E-state index contributed by atoms with van der Waals surface area (Å²) in [6, 6.07) is 3.61. The zero-order valence-corrected chi connectivity index (χ0v) is 12.7. The minimum absolute atomic E-state index is 0.00101. The molecule has 1 amide bonds. The van der Waals surface area contributed by atoms with E-state index in [9.17, 15) is 4.79 Å². The second-order valence-electron chi connectivity index (χ2n) is 4.41. The number of ether oxygens (including phenoxy) is 1. The van der Waals surface area contributed by atoms with Crippen LogP contribution in [0, 0.1) is 0 Å². The fraction of sp³-hybridized carbons (Fsp3) is 0.600. The molecule has 112 valence electrons. The van der Waals surface area contributed by atoms with Crippen LogP contribution in [0.3, 0.4) is 0 Å². The first-order valence-electron chi connectivity index (χ1n) is 7.30. The number of hydrogen-bond donors (Lipinski definition) is 1. The van der Waals surface area contributed by atoms with Gasteiger partial charge in [-0.3, -0.25) is 4.79 Å². The number of amides is 1. The zero-order valence-electron chi connectivity index (χ0n) is 12.7. The average molecular weight is 279 g/mol. The first-order chi connectivity index (χ1) is 9.74. The summed E-state index contributed by atoms with van der Waals surface area (Å²) < 4.78 is 5.32. The second-order valence-corrected chi connectivity index (χ2v) is 4.41. The average Bonchev–Trinajstić information content (AvgIpc) is 2.49. The van der Waals surface area contributed by atoms with Gasteiger partial charge in [-0.2, -0.15) is 0 Å². The van der Waals surface area contributed by atoms with Crippen molar-refractivity contribution >= 4 is 11.7 Å². The van der Waals surface area contributed by atoms with Crippen molar-refractivity contribution < 1.29 is 9.53 Å². The van der Waals surface area contributed by atoms with Gasteiger partial charge >= 0.3 is 0 Å². The van der Waals surface area contributed by atoms with E-state index < -0.39 is 0 Å². The minimum atomic E-state index is -0.00101. The molecular weight excluding hydrogens is 254 g/mol. The van der Waals surface area contributed by atoms with Gasteiger partial charge in [0.25, 0.3) is 5.91 Å². The molecule has 0 spiro atoms. The van der Waals surface area contributed by atoms with Crippen LogP contribution in [0.1, 0.15) is 37.6 Å². The van der Waals surface area contributed by atoms with Crippen LogP contribution in [0.4, 0.5) is 5.82 Å². The van der Waals surface area contributed by atoms with E-state index in [4.69, 9.17) is 4.74 Å². The van der Waals surface area contributed by atoms with Crippen molar-refractivity contribution in [3.63, 3.8) is 0 Å². The summed E-state index contributed by atoms with van der Waals surface area (Å²) in [5.74, 6) is 0.660. The van der Waals surface area contributed by atoms with Gasteiger partial charge in [-0.1, -0.05) is 6.92 Å². The van der Waals surface area contributed by atoms with E-state index in [1.54, 1.807) is 17.2 Å². The Hall–Kier alpha value is -1.62. The molecule has 0 atom stereocenters. The normalized spacial score (nSPS) is 10.3. The number of nitrogens with zero attached hydrogens (tertiary/aromatic N) is 2. The highest BCUT2D eigenvalue weighted by molar-refractivity contribution is 5.98. The van der Waals surface area contributed by atoms with Crippen molar-refractivity contribution in [3.05, 3.63) is 23.9 Å². The monoisotopic (exact) mass is 279 g/mol. The third-order valence-electron chi connectivity index (χ3n) is 2.96. The highest BCUT2D eigenvalue weighted by Gasteiger charge is 2.17. The van der Waals surface area contributed by atoms with E-state index in [1.165, 1.54) is 0 Å². The van der Waals surface area contributed by atoms with Gasteiger partial charge in [-0.15, -0.1) is 0 Å². The van der Waals surface area contributed by atoms with Crippen molar-refractivity contribution in [2.75, 3.05) is 38.2 Å². The lowest BCUT2D eigenvalue weighted by molar-refractivity contribution is 0.0670. The summed E-state index contributed by atoms with van der Waals surface area (Å²) in [5, 5.41) is 3.20. The Bertz CT molecular complexity index is 410. The van der Waals surface area contributed by atoms with Crippen LogP contribution in [-0.2, 0) is 4.74 Å². The number of anilines is 1. The lowest BCUT2D eigenvalue weighted by atomic mass is 10.2. The van der Waals surface area contributed by atoms with Crippen LogP contribution >= 0.6 is 0 Å². The third-order valence-corrected chi connectivity index (χ3v) is 2.96. The van der Waals surface area contributed by atoms with Crippen molar-refractivity contribution in [2.45, 2.75) is 27.2 Å². The van der Waals surface area contributed by atoms with Gasteiger partial charge in [0.1, 0.15) is 5.82 Å². The fourth-order valence-corrected chi connectivity index (χ4v) is 1.85. The summed E-state index contributed by atoms with van der Waals surface area (Å²) in [6.07, 6.45) is 2.69. The number of nitrogens with one attached hydrogen (secondary N) is 1. The largest absolute Gasteiger partial charge is 0.380 e. The maximum atomic E-state index is 12.5. The van der Waals surface area contributed by atoms with Crippen LogP contribution in [-0.4, -0.2) is 48.6 Å². The smallest absolute Gasteiger partial charge is 0.257 e. The molecule has 0 aliphatic carbocycles. The van der Waals surface area contributed by atoms with Gasteiger partial charge in [0, 0.05) is 32.4 Å². The maximum Gasteiger partial charge on any atom is 0.257 e. The molecule has 0 saturated heterocycles. The molecule has 0 fully saturated rings.